The first-order chi connectivity index (χ1) is 10.1. The van der Waals surface area contributed by atoms with Crippen LogP contribution in [0.5, 0.6) is 0 Å². The first-order valence-corrected chi connectivity index (χ1v) is 7.67. The van der Waals surface area contributed by atoms with E-state index in [0.29, 0.717) is 0 Å². The SMILES string of the molecule is [2H]C1(c2ccc[n+](C)c2-c2ccccc2C)CCCCC1. The minimum Gasteiger partial charge on any atom is -0.201 e. The number of rotatable bonds is 2. The molecule has 0 spiro atoms. The minimum atomic E-state index is -0.422. The quantitative estimate of drug-likeness (QED) is 0.704. The number of aryl methyl sites for hydroxylation is 2. The highest BCUT2D eigenvalue weighted by Gasteiger charge is 2.25. The van der Waals surface area contributed by atoms with Gasteiger partial charge in [0.25, 0.3) is 0 Å². The van der Waals surface area contributed by atoms with E-state index >= 15 is 0 Å². The molecule has 104 valence electrons. The van der Waals surface area contributed by atoms with Gasteiger partial charge < -0.3 is 0 Å². The van der Waals surface area contributed by atoms with E-state index in [1.807, 2.05) is 0 Å². The lowest BCUT2D eigenvalue weighted by atomic mass is 9.82. The second kappa shape index (κ2) is 5.78. The third-order valence-electron chi connectivity index (χ3n) is 4.42. The molecule has 1 heteroatoms. The van der Waals surface area contributed by atoms with Gasteiger partial charge in [0.2, 0.25) is 5.69 Å². The first kappa shape index (κ1) is 12.1. The van der Waals surface area contributed by atoms with E-state index in [9.17, 15) is 0 Å². The predicted molar refractivity (Wildman–Crippen MR) is 83.6 cm³/mol. The highest BCUT2D eigenvalue weighted by atomic mass is 14.9. The van der Waals surface area contributed by atoms with Gasteiger partial charge in [-0.1, -0.05) is 37.5 Å². The second-order valence-corrected chi connectivity index (χ2v) is 5.86. The van der Waals surface area contributed by atoms with E-state index < -0.39 is 5.89 Å². The number of pyridine rings is 1. The molecule has 0 saturated heterocycles. The summed E-state index contributed by atoms with van der Waals surface area (Å²) < 4.78 is 11.2. The number of aromatic nitrogens is 1. The summed E-state index contributed by atoms with van der Waals surface area (Å²) in [5.41, 5.74) is 4.95. The van der Waals surface area contributed by atoms with Crippen LogP contribution in [0.4, 0.5) is 0 Å². The highest BCUT2D eigenvalue weighted by molar-refractivity contribution is 5.64. The molecule has 3 rings (SSSR count). The van der Waals surface area contributed by atoms with Gasteiger partial charge in [-0.3, -0.25) is 0 Å². The Morgan fingerprint density at radius 2 is 1.80 bits per heavy atom. The molecule has 0 N–H and O–H groups in total. The molecule has 0 unspecified atom stereocenters. The summed E-state index contributed by atoms with van der Waals surface area (Å²) in [5, 5.41) is 0. The first-order valence-electron chi connectivity index (χ1n) is 8.17. The second-order valence-electron chi connectivity index (χ2n) is 5.86. The van der Waals surface area contributed by atoms with E-state index in [0.717, 1.165) is 12.8 Å². The van der Waals surface area contributed by atoms with Crippen LogP contribution in [0, 0.1) is 6.92 Å². The summed E-state index contributed by atoms with van der Waals surface area (Å²) in [6.07, 6.45) is 7.69. The van der Waals surface area contributed by atoms with E-state index in [1.54, 1.807) is 0 Å². The van der Waals surface area contributed by atoms with Gasteiger partial charge in [-0.15, -0.1) is 0 Å². The zero-order valence-electron chi connectivity index (χ0n) is 13.5. The van der Waals surface area contributed by atoms with E-state index in [4.69, 9.17) is 1.37 Å². The van der Waals surface area contributed by atoms with Gasteiger partial charge >= 0.3 is 0 Å². The highest BCUT2D eigenvalue weighted by Crippen LogP contribution is 2.37. The van der Waals surface area contributed by atoms with Crippen molar-refractivity contribution >= 4 is 0 Å². The Bertz CT molecular complexity index is 642. The van der Waals surface area contributed by atoms with Crippen molar-refractivity contribution in [1.29, 1.82) is 0 Å². The van der Waals surface area contributed by atoms with Crippen LogP contribution in [0.15, 0.2) is 42.6 Å². The molecule has 1 aromatic carbocycles. The molecular formula is C19H24N+. The normalized spacial score (nSPS) is 18.6. The van der Waals surface area contributed by atoms with Crippen LogP contribution in [0.1, 0.15) is 50.5 Å². The van der Waals surface area contributed by atoms with Gasteiger partial charge in [0, 0.05) is 18.6 Å². The Balaban J connectivity index is 2.19. The van der Waals surface area contributed by atoms with Crippen LogP contribution in [0.2, 0.25) is 0 Å². The molecule has 1 aliphatic rings. The van der Waals surface area contributed by atoms with Crippen LogP contribution >= 0.6 is 0 Å². The Morgan fingerprint density at radius 1 is 1.05 bits per heavy atom. The maximum atomic E-state index is 9.01. The van der Waals surface area contributed by atoms with Gasteiger partial charge in [-0.25, -0.2) is 4.57 Å². The number of hydrogen-bond acceptors (Lipinski definition) is 0. The van der Waals surface area contributed by atoms with Crippen LogP contribution in [-0.4, -0.2) is 0 Å². The van der Waals surface area contributed by atoms with Gasteiger partial charge in [-0.2, -0.15) is 0 Å². The molecular weight excluding hydrogens is 242 g/mol. The number of hydrogen-bond donors (Lipinski definition) is 0. The molecule has 1 nitrogen and oxygen atoms in total. The van der Waals surface area contributed by atoms with Crippen LogP contribution in [0.3, 0.4) is 0 Å². The molecule has 20 heavy (non-hydrogen) atoms. The molecule has 1 aliphatic carbocycles. The average Bonchev–Trinajstić information content (AvgIpc) is 2.49. The van der Waals surface area contributed by atoms with Crippen molar-refractivity contribution in [2.45, 2.75) is 44.9 Å². The van der Waals surface area contributed by atoms with Crippen LogP contribution in [-0.2, 0) is 7.05 Å². The Morgan fingerprint density at radius 3 is 2.55 bits per heavy atom. The summed E-state index contributed by atoms with van der Waals surface area (Å²) in [6, 6.07) is 12.8. The zero-order chi connectivity index (χ0) is 14.9. The van der Waals surface area contributed by atoms with Gasteiger partial charge in [0.15, 0.2) is 6.20 Å². The number of benzene rings is 1. The molecule has 0 amide bonds. The minimum absolute atomic E-state index is 0.422. The van der Waals surface area contributed by atoms with Gasteiger partial charge in [0.1, 0.15) is 7.05 Å². The topological polar surface area (TPSA) is 3.88 Å². The number of nitrogens with zero attached hydrogens (tertiary/aromatic N) is 1. The summed E-state index contributed by atoms with van der Waals surface area (Å²) in [4.78, 5) is 0. The maximum absolute atomic E-state index is 9.01. The molecule has 0 bridgehead atoms. The average molecular weight is 267 g/mol. The maximum Gasteiger partial charge on any atom is 0.216 e. The van der Waals surface area contributed by atoms with Gasteiger partial charge in [0.05, 0.1) is 0 Å². The zero-order valence-corrected chi connectivity index (χ0v) is 12.5. The lowest BCUT2D eigenvalue weighted by Gasteiger charge is -2.23. The van der Waals surface area contributed by atoms with Gasteiger partial charge in [-0.05, 0) is 43.4 Å². The summed E-state index contributed by atoms with van der Waals surface area (Å²) in [7, 11) is 2.09. The summed E-state index contributed by atoms with van der Waals surface area (Å²) >= 11 is 0. The van der Waals surface area contributed by atoms with Crippen molar-refractivity contribution in [3.05, 3.63) is 53.7 Å². The monoisotopic (exact) mass is 267 g/mol. The fourth-order valence-corrected chi connectivity index (χ4v) is 3.32. The van der Waals surface area contributed by atoms with E-state index in [2.05, 4.69) is 61.1 Å². The predicted octanol–water partition coefficient (Wildman–Crippen LogP) is 4.53. The standard InChI is InChI=1S/C19H24N/c1-15-9-6-7-12-17(15)19-18(13-8-14-20(19)2)16-10-4-3-5-11-16/h6-9,12-14,16H,3-5,10-11H2,1-2H3/q+1/i16D. The smallest absolute Gasteiger partial charge is 0.201 e. The van der Waals surface area contributed by atoms with E-state index in [-0.39, 0.29) is 0 Å². The Hall–Kier alpha value is -1.63. The lowest BCUT2D eigenvalue weighted by Crippen LogP contribution is -2.32. The van der Waals surface area contributed by atoms with Crippen LogP contribution in [0.25, 0.3) is 11.3 Å². The molecule has 1 aromatic heterocycles. The van der Waals surface area contributed by atoms with Crippen molar-refractivity contribution in [2.24, 2.45) is 7.05 Å². The van der Waals surface area contributed by atoms with Crippen molar-refractivity contribution < 1.29 is 5.94 Å². The summed E-state index contributed by atoms with van der Waals surface area (Å²) in [5.74, 6) is -0.422. The largest absolute Gasteiger partial charge is 0.216 e. The van der Waals surface area contributed by atoms with Crippen molar-refractivity contribution in [3.63, 3.8) is 0 Å². The summed E-state index contributed by atoms with van der Waals surface area (Å²) in [6.45, 7) is 2.16. The van der Waals surface area contributed by atoms with Crippen molar-refractivity contribution in [2.75, 3.05) is 0 Å². The molecule has 2 aromatic rings. The fraction of sp³-hybridized carbons (Fsp3) is 0.421. The Labute approximate surface area is 123 Å². The lowest BCUT2D eigenvalue weighted by molar-refractivity contribution is -0.660. The molecule has 1 heterocycles. The third kappa shape index (κ3) is 2.49. The van der Waals surface area contributed by atoms with Crippen molar-refractivity contribution in [1.82, 2.24) is 0 Å². The van der Waals surface area contributed by atoms with E-state index in [1.165, 1.54) is 41.6 Å². The molecule has 0 radical (unpaired) electrons. The molecule has 0 atom stereocenters. The van der Waals surface area contributed by atoms with Crippen LogP contribution < -0.4 is 4.57 Å². The molecule has 1 fully saturated rings. The fourth-order valence-electron chi connectivity index (χ4n) is 3.32. The molecule has 1 saturated carbocycles. The Kier molecular flexibility index (Phi) is 3.51. The third-order valence-corrected chi connectivity index (χ3v) is 4.42. The molecule has 0 aliphatic heterocycles. The van der Waals surface area contributed by atoms with Crippen molar-refractivity contribution in [3.8, 4) is 11.3 Å².